The molecule has 0 bridgehead atoms. The summed E-state index contributed by atoms with van der Waals surface area (Å²) in [4.78, 5) is 15.9. The number of thiophene rings is 1. The van der Waals surface area contributed by atoms with Gasteiger partial charge in [-0.25, -0.2) is 15.0 Å². The number of hydrogen-bond acceptors (Lipinski definition) is 4. The van der Waals surface area contributed by atoms with Crippen molar-refractivity contribution in [1.29, 1.82) is 0 Å². The predicted molar refractivity (Wildman–Crippen MR) is 269 cm³/mol. The van der Waals surface area contributed by atoms with Crippen LogP contribution >= 0.6 is 11.3 Å². The van der Waals surface area contributed by atoms with E-state index in [9.17, 15) is 0 Å². The van der Waals surface area contributed by atoms with E-state index in [-0.39, 0.29) is 0 Å². The molecule has 0 aliphatic rings. The molecule has 0 saturated heterocycles. The first kappa shape index (κ1) is 36.4. The molecule has 0 spiro atoms. The van der Waals surface area contributed by atoms with Gasteiger partial charge < -0.3 is 4.57 Å². The number of nitrogens with zero attached hydrogens (tertiary/aromatic N) is 4. The fraction of sp³-hybridized carbons (Fsp3) is 0. The van der Waals surface area contributed by atoms with Gasteiger partial charge in [0.05, 0.1) is 38.3 Å². The van der Waals surface area contributed by atoms with Gasteiger partial charge in [-0.3, -0.25) is 0 Å². The third kappa shape index (κ3) is 5.86. The van der Waals surface area contributed by atoms with Crippen molar-refractivity contribution in [1.82, 2.24) is 19.5 Å². The van der Waals surface area contributed by atoms with Crippen molar-refractivity contribution in [3.63, 3.8) is 0 Å². The number of hydrogen-bond donors (Lipinski definition) is 0. The largest absolute Gasteiger partial charge is 0.309 e. The molecular formula is C59H36N4S. The van der Waals surface area contributed by atoms with E-state index in [2.05, 4.69) is 205 Å². The number of rotatable bonds is 6. The normalized spacial score (nSPS) is 11.8. The lowest BCUT2D eigenvalue weighted by Gasteiger charge is -2.14. The Morgan fingerprint density at radius 2 is 0.969 bits per heavy atom. The average molecular weight is 833 g/mol. The fourth-order valence-electron chi connectivity index (χ4n) is 9.67. The molecule has 0 aliphatic heterocycles. The van der Waals surface area contributed by atoms with E-state index >= 15 is 0 Å². The van der Waals surface area contributed by atoms with E-state index in [0.29, 0.717) is 5.82 Å². The maximum Gasteiger partial charge on any atom is 0.160 e. The second-order valence-corrected chi connectivity index (χ2v) is 17.4. The quantitative estimate of drug-likeness (QED) is 0.168. The van der Waals surface area contributed by atoms with Crippen LogP contribution in [0.1, 0.15) is 0 Å². The van der Waals surface area contributed by atoms with Crippen molar-refractivity contribution >= 4 is 75.0 Å². The van der Waals surface area contributed by atoms with Crippen LogP contribution in [0.5, 0.6) is 0 Å². The van der Waals surface area contributed by atoms with Crippen LogP contribution in [0.15, 0.2) is 218 Å². The summed E-state index contributed by atoms with van der Waals surface area (Å²) in [6.45, 7) is 0. The van der Waals surface area contributed by atoms with Gasteiger partial charge in [0, 0.05) is 59.6 Å². The van der Waals surface area contributed by atoms with E-state index in [1.807, 2.05) is 29.5 Å². The zero-order chi connectivity index (χ0) is 42.1. The topological polar surface area (TPSA) is 43.6 Å². The Hall–Kier alpha value is -8.25. The average Bonchev–Trinajstić information content (AvgIpc) is 3.93. The van der Waals surface area contributed by atoms with Gasteiger partial charge in [0.25, 0.3) is 0 Å². The summed E-state index contributed by atoms with van der Waals surface area (Å²) in [5, 5.41) is 8.58. The highest BCUT2D eigenvalue weighted by atomic mass is 32.1. The zero-order valence-corrected chi connectivity index (χ0v) is 35.3. The van der Waals surface area contributed by atoms with Crippen LogP contribution in [0.4, 0.5) is 0 Å². The fourth-order valence-corrected chi connectivity index (χ4v) is 10.9. The minimum absolute atomic E-state index is 0.688. The molecule has 9 aromatic carbocycles. The molecule has 5 heteroatoms. The summed E-state index contributed by atoms with van der Waals surface area (Å²) in [6.07, 6.45) is 0. The lowest BCUT2D eigenvalue weighted by molar-refractivity contribution is 1.16. The second-order valence-electron chi connectivity index (χ2n) is 16.3. The Morgan fingerprint density at radius 1 is 0.375 bits per heavy atom. The van der Waals surface area contributed by atoms with Crippen LogP contribution in [0.2, 0.25) is 0 Å². The van der Waals surface area contributed by atoms with Gasteiger partial charge >= 0.3 is 0 Å². The molecule has 0 aliphatic carbocycles. The SMILES string of the molecule is c1ccc(-c2nc(-c3ccc(-c4cccc5nc(-c6cccc7ccccc67)c6sc7ccccc7c6c45)cc3)cc(-c3cccc(-n4c5ccccc5c5ccccc54)c3)n2)cc1. The van der Waals surface area contributed by atoms with Crippen LogP contribution in [0, 0.1) is 0 Å². The Balaban J connectivity index is 0.951. The number of fused-ring (bicyclic) bond motifs is 9. The first-order valence-electron chi connectivity index (χ1n) is 21.6. The molecule has 0 saturated carbocycles. The van der Waals surface area contributed by atoms with Crippen molar-refractivity contribution in [3.8, 4) is 62.0 Å². The van der Waals surface area contributed by atoms with E-state index in [0.717, 1.165) is 61.7 Å². The summed E-state index contributed by atoms with van der Waals surface area (Å²) >= 11 is 1.83. The number of benzene rings is 9. The molecule has 0 radical (unpaired) electrons. The molecule has 0 unspecified atom stereocenters. The highest BCUT2D eigenvalue weighted by molar-refractivity contribution is 7.26. The van der Waals surface area contributed by atoms with Gasteiger partial charge in [-0.1, -0.05) is 176 Å². The minimum atomic E-state index is 0.688. The maximum atomic E-state index is 5.49. The number of aromatic nitrogens is 4. The molecule has 64 heavy (non-hydrogen) atoms. The van der Waals surface area contributed by atoms with E-state index < -0.39 is 0 Å². The Labute approximate surface area is 373 Å². The Morgan fingerprint density at radius 3 is 1.77 bits per heavy atom. The van der Waals surface area contributed by atoms with E-state index in [4.69, 9.17) is 15.0 Å². The summed E-state index contributed by atoms with van der Waals surface area (Å²) < 4.78 is 4.82. The summed E-state index contributed by atoms with van der Waals surface area (Å²) in [7, 11) is 0. The summed E-state index contributed by atoms with van der Waals surface area (Å²) in [5.41, 5.74) is 13.6. The third-order valence-corrected chi connectivity index (χ3v) is 13.8. The van der Waals surface area contributed by atoms with E-state index in [1.54, 1.807) is 0 Å². The zero-order valence-electron chi connectivity index (χ0n) is 34.5. The van der Waals surface area contributed by atoms with Gasteiger partial charge in [0.2, 0.25) is 0 Å². The van der Waals surface area contributed by atoms with Gasteiger partial charge in [0.15, 0.2) is 5.82 Å². The van der Waals surface area contributed by atoms with E-state index in [1.165, 1.54) is 58.1 Å². The second kappa shape index (κ2) is 14.7. The molecule has 4 aromatic heterocycles. The molecule has 0 fully saturated rings. The Bertz CT molecular complexity index is 3900. The molecular weight excluding hydrogens is 797 g/mol. The number of pyridine rings is 1. The first-order chi connectivity index (χ1) is 31.7. The van der Waals surface area contributed by atoms with Crippen molar-refractivity contribution < 1.29 is 0 Å². The van der Waals surface area contributed by atoms with Gasteiger partial charge in [0.1, 0.15) is 0 Å². The molecule has 0 atom stereocenters. The minimum Gasteiger partial charge on any atom is -0.309 e. The molecule has 298 valence electrons. The monoisotopic (exact) mass is 832 g/mol. The maximum absolute atomic E-state index is 5.49. The molecule has 4 nitrogen and oxygen atoms in total. The molecule has 0 N–H and O–H groups in total. The number of para-hydroxylation sites is 2. The molecule has 13 aromatic rings. The van der Waals surface area contributed by atoms with Gasteiger partial charge in [-0.2, -0.15) is 0 Å². The van der Waals surface area contributed by atoms with Gasteiger partial charge in [-0.15, -0.1) is 11.3 Å². The van der Waals surface area contributed by atoms with Gasteiger partial charge in [-0.05, 0) is 64.4 Å². The molecule has 0 amide bonds. The highest BCUT2D eigenvalue weighted by Gasteiger charge is 2.21. The van der Waals surface area contributed by atoms with Crippen LogP contribution in [0.25, 0.3) is 126 Å². The van der Waals surface area contributed by atoms with Crippen molar-refractivity contribution in [2.75, 3.05) is 0 Å². The predicted octanol–water partition coefficient (Wildman–Crippen LogP) is 16.0. The van der Waals surface area contributed by atoms with Crippen molar-refractivity contribution in [2.45, 2.75) is 0 Å². The smallest absolute Gasteiger partial charge is 0.160 e. The highest BCUT2D eigenvalue weighted by Crippen LogP contribution is 2.46. The van der Waals surface area contributed by atoms with Crippen molar-refractivity contribution in [3.05, 3.63) is 218 Å². The summed E-state index contributed by atoms with van der Waals surface area (Å²) in [6, 6.07) is 77.7. The van der Waals surface area contributed by atoms with Crippen LogP contribution < -0.4 is 0 Å². The van der Waals surface area contributed by atoms with Crippen LogP contribution in [-0.2, 0) is 0 Å². The lowest BCUT2D eigenvalue weighted by Crippen LogP contribution is -1.98. The van der Waals surface area contributed by atoms with Crippen LogP contribution in [0.3, 0.4) is 0 Å². The molecule has 4 heterocycles. The first-order valence-corrected chi connectivity index (χ1v) is 22.4. The lowest BCUT2D eigenvalue weighted by atomic mass is 9.94. The third-order valence-electron chi connectivity index (χ3n) is 12.6. The standard InChI is InChI=1S/C59H36N4S/c1-2-16-40(17-3-1)59-61-50(36-51(62-59)41-19-12-20-42(35-41)63-52-28-9-6-22-45(52)46-23-7-10-29-53(46)63)39-33-31-38(32-34-39)44-25-14-27-49-55(44)56-48-24-8-11-30-54(48)64-58(56)57(60-49)47-26-13-18-37-15-4-5-21-43(37)47/h1-36H. The van der Waals surface area contributed by atoms with Crippen molar-refractivity contribution in [2.24, 2.45) is 0 Å². The molecule has 13 rings (SSSR count). The Kier molecular flexibility index (Phi) is 8.36. The van der Waals surface area contributed by atoms with Crippen LogP contribution in [-0.4, -0.2) is 19.5 Å². The summed E-state index contributed by atoms with van der Waals surface area (Å²) in [5.74, 6) is 0.688.